The third kappa shape index (κ3) is 24.2. The van der Waals surface area contributed by atoms with Crippen LogP contribution in [-0.4, -0.2) is 6.29 Å². The van der Waals surface area contributed by atoms with Crippen LogP contribution >= 0.6 is 0 Å². The molecule has 0 bridgehead atoms. The summed E-state index contributed by atoms with van der Waals surface area (Å²) in [6.07, 6.45) is 39.3. The molecule has 670 valence electrons. The van der Waals surface area contributed by atoms with E-state index in [2.05, 4.69) is 500 Å². The lowest BCUT2D eigenvalue weighted by Gasteiger charge is -2.30. The number of hydrogen-bond donors (Lipinski definition) is 0. The maximum atomic E-state index is 10.4. The van der Waals surface area contributed by atoms with Crippen molar-refractivity contribution >= 4 is 18.4 Å². The first-order valence-corrected chi connectivity index (χ1v) is 47.9. The first-order valence-electron chi connectivity index (χ1n) is 47.9. The third-order valence-corrected chi connectivity index (χ3v) is 26.1. The molecule has 0 aromatic heterocycles. The highest BCUT2D eigenvalue weighted by molar-refractivity contribution is 5.90. The van der Waals surface area contributed by atoms with E-state index in [4.69, 9.17) is 0 Å². The van der Waals surface area contributed by atoms with Gasteiger partial charge < -0.3 is 0 Å². The smallest absolute Gasteiger partial charge is 0.150 e. The van der Waals surface area contributed by atoms with Gasteiger partial charge in [0.2, 0.25) is 0 Å². The SMILES string of the molecule is C1=CCC=C1.CC(C)(C)c1cc2c(cc1-c1ccccc1)Cc1cc(-c3ccccc3)c(C(C)(C)C)cc1-2.CC(C)(C)c1ccc(/C=C2/C=CCC2)cc1.CC(C)(C)c1ccc(C(C2=CCC=C2)C2c3cc(-c4ccccc4)c(C(C)(C)C)cc3-c3cc(C(C)(C)C)c(-c4ccccc4)cc32)cc1.CC(C)(C)c1ccc(C=C2C=CC=C2)cc1.CC(C)(C)c1ccc(C=O)cc1. The Morgan fingerprint density at radius 3 is 0.931 bits per heavy atom. The number of carbonyl (C=O) groups is 1. The summed E-state index contributed by atoms with van der Waals surface area (Å²) in [6, 6.07) is 99.0. The van der Waals surface area contributed by atoms with E-state index in [-0.39, 0.29) is 55.2 Å². The van der Waals surface area contributed by atoms with Gasteiger partial charge in [0, 0.05) is 17.4 Å². The summed E-state index contributed by atoms with van der Waals surface area (Å²) in [5.74, 6) is 0.369. The zero-order chi connectivity index (χ0) is 94.0. The maximum Gasteiger partial charge on any atom is 0.150 e. The number of rotatable bonds is 10. The van der Waals surface area contributed by atoms with Gasteiger partial charge in [0.1, 0.15) is 6.29 Å². The molecular weight excluding hydrogens is 1580 g/mol. The number of allylic oxidation sites excluding steroid dienone is 16. The monoisotopic (exact) mass is 1720 g/mol. The molecule has 0 spiro atoms. The van der Waals surface area contributed by atoms with Gasteiger partial charge in [-0.25, -0.2) is 0 Å². The molecule has 6 aliphatic carbocycles. The fourth-order valence-electron chi connectivity index (χ4n) is 18.6. The molecule has 0 radical (unpaired) electrons. The quantitative estimate of drug-likeness (QED) is 0.125. The summed E-state index contributed by atoms with van der Waals surface area (Å²) in [5.41, 5.74) is 42.8. The molecule has 0 fully saturated rings. The molecular formula is C130H144O. The largest absolute Gasteiger partial charge is 0.298 e. The Kier molecular flexibility index (Phi) is 29.7. The second-order valence-corrected chi connectivity index (χ2v) is 44.7. The van der Waals surface area contributed by atoms with Gasteiger partial charge >= 0.3 is 0 Å². The average molecular weight is 1720 g/mol. The van der Waals surface area contributed by atoms with E-state index in [0.717, 1.165) is 31.1 Å². The molecule has 12 aromatic carbocycles. The molecule has 0 amide bonds. The van der Waals surface area contributed by atoms with E-state index >= 15 is 0 Å². The van der Waals surface area contributed by atoms with Crippen LogP contribution in [-0.2, 0) is 49.7 Å². The zero-order valence-corrected chi connectivity index (χ0v) is 83.2. The average Bonchev–Trinajstić information content (AvgIpc) is 1.56. The van der Waals surface area contributed by atoms with E-state index < -0.39 is 0 Å². The van der Waals surface area contributed by atoms with Crippen molar-refractivity contribution in [1.29, 1.82) is 0 Å². The lowest BCUT2D eigenvalue weighted by molar-refractivity contribution is 0.112. The summed E-state index contributed by atoms with van der Waals surface area (Å²) in [5, 5.41) is 0. The molecule has 0 saturated heterocycles. The van der Waals surface area contributed by atoms with Crippen LogP contribution in [0, 0.1) is 0 Å². The van der Waals surface area contributed by atoms with E-state index in [1.807, 2.05) is 24.3 Å². The van der Waals surface area contributed by atoms with Crippen molar-refractivity contribution in [3.8, 4) is 66.8 Å². The molecule has 18 rings (SSSR count). The van der Waals surface area contributed by atoms with Gasteiger partial charge in [-0.15, -0.1) is 0 Å². The van der Waals surface area contributed by atoms with Crippen LogP contribution in [0.4, 0.5) is 0 Å². The Morgan fingerprint density at radius 2 is 0.626 bits per heavy atom. The molecule has 0 heterocycles. The third-order valence-electron chi connectivity index (χ3n) is 26.1. The summed E-state index contributed by atoms with van der Waals surface area (Å²) in [4.78, 5) is 10.4. The highest BCUT2D eigenvalue weighted by atomic mass is 16.1. The lowest BCUT2D eigenvalue weighted by atomic mass is 9.73. The minimum absolute atomic E-state index is 0.0196. The molecule has 0 saturated carbocycles. The Bertz CT molecular complexity index is 6020. The van der Waals surface area contributed by atoms with Gasteiger partial charge in [-0.05, 0) is 297 Å². The summed E-state index contributed by atoms with van der Waals surface area (Å²) in [6.45, 7) is 55.0. The van der Waals surface area contributed by atoms with Gasteiger partial charge in [-0.2, -0.15) is 0 Å². The molecule has 0 aliphatic heterocycles. The number of carbonyl (C=O) groups excluding carboxylic acids is 1. The highest BCUT2D eigenvalue weighted by Gasteiger charge is 2.41. The van der Waals surface area contributed by atoms with Crippen molar-refractivity contribution in [2.24, 2.45) is 0 Å². The van der Waals surface area contributed by atoms with Gasteiger partial charge in [-0.3, -0.25) is 4.79 Å². The number of benzene rings is 12. The Balaban J connectivity index is 0.000000152. The van der Waals surface area contributed by atoms with Crippen LogP contribution in [0.3, 0.4) is 0 Å². The predicted octanol–water partition coefficient (Wildman–Crippen LogP) is 36.4. The molecule has 0 N–H and O–H groups in total. The first-order chi connectivity index (χ1) is 62.0. The molecule has 1 unspecified atom stereocenters. The maximum absolute atomic E-state index is 10.4. The van der Waals surface area contributed by atoms with Crippen molar-refractivity contribution in [2.45, 2.75) is 253 Å². The Morgan fingerprint density at radius 1 is 0.290 bits per heavy atom. The van der Waals surface area contributed by atoms with Gasteiger partial charge in [0.15, 0.2) is 0 Å². The fourth-order valence-corrected chi connectivity index (χ4v) is 18.6. The lowest BCUT2D eigenvalue weighted by Crippen LogP contribution is -2.16. The van der Waals surface area contributed by atoms with E-state index in [0.29, 0.717) is 0 Å². The van der Waals surface area contributed by atoms with E-state index in [1.165, 1.54) is 180 Å². The van der Waals surface area contributed by atoms with Crippen molar-refractivity contribution < 1.29 is 4.79 Å². The number of hydrogen-bond acceptors (Lipinski definition) is 1. The van der Waals surface area contributed by atoms with Crippen molar-refractivity contribution in [1.82, 2.24) is 0 Å². The minimum atomic E-state index is -0.0196. The van der Waals surface area contributed by atoms with Crippen LogP contribution in [0.2, 0.25) is 0 Å². The van der Waals surface area contributed by atoms with Crippen LogP contribution in [0.25, 0.3) is 78.9 Å². The summed E-state index contributed by atoms with van der Waals surface area (Å²) >= 11 is 0. The van der Waals surface area contributed by atoms with Crippen LogP contribution in [0.15, 0.2) is 363 Å². The summed E-state index contributed by atoms with van der Waals surface area (Å²) in [7, 11) is 0. The second-order valence-electron chi connectivity index (χ2n) is 44.7. The predicted molar refractivity (Wildman–Crippen MR) is 571 cm³/mol. The Labute approximate surface area is 789 Å². The number of aldehydes is 1. The molecule has 6 aliphatic rings. The molecule has 131 heavy (non-hydrogen) atoms. The second kappa shape index (κ2) is 40.4. The highest BCUT2D eigenvalue weighted by Crippen LogP contribution is 2.58. The molecule has 12 aromatic rings. The minimum Gasteiger partial charge on any atom is -0.298 e. The van der Waals surface area contributed by atoms with E-state index in [9.17, 15) is 4.79 Å². The van der Waals surface area contributed by atoms with Crippen molar-refractivity contribution in [3.05, 3.63) is 452 Å². The van der Waals surface area contributed by atoms with Crippen LogP contribution < -0.4 is 0 Å². The van der Waals surface area contributed by atoms with Gasteiger partial charge in [0.05, 0.1) is 0 Å². The van der Waals surface area contributed by atoms with E-state index in [1.54, 1.807) is 0 Å². The van der Waals surface area contributed by atoms with Gasteiger partial charge in [0.25, 0.3) is 0 Å². The first kappa shape index (κ1) is 96.5. The molecule has 1 nitrogen and oxygen atoms in total. The fraction of sp³-hybridized carbons (Fsp3) is 0.300. The summed E-state index contributed by atoms with van der Waals surface area (Å²) < 4.78 is 0. The van der Waals surface area contributed by atoms with Crippen molar-refractivity contribution in [2.75, 3.05) is 0 Å². The van der Waals surface area contributed by atoms with Crippen molar-refractivity contribution in [3.63, 3.8) is 0 Å². The molecule has 1 heteroatoms. The van der Waals surface area contributed by atoms with Gasteiger partial charge in [-0.1, -0.05) is 470 Å². The van der Waals surface area contributed by atoms with Crippen LogP contribution in [0.1, 0.15) is 297 Å². The number of fused-ring (bicyclic) bond motifs is 6. The Hall–Kier alpha value is -12.0. The standard InChI is InChI=1S/C49H52.C33H34.C16H20.C16H18.C11H14O.C5H6/c1-47(2,3)36-26-24-35(25-27-36)45(34-22-16-17-23-34)46-41-28-37(32-18-12-10-13-19-32)43(48(4,5)6)30-39(41)40-31-44(49(7,8)9)38(29-42(40)46)33-20-14-11-15-21-33;1-32(2,3)30-20-26-24(18-28(30)22-13-9-7-10-14-22)17-25-19-29(23-15-11-8-12-16-23)31(21-27(25)26)33(4,5)6;2*1-16(2,3)15-10-8-14(9-11-15)12-13-6-4-5-7-13;1-11(2,3)10-6-4-9(8-12)5-7-10;1-2-4-5-3-1/h10-16,18-31,45-46H,17H2,1-9H3;7-16,18-21H,17H2,1-6H3;4,6,8-12H,5,7H2,1-3H3;4-12H,1-3H3;4-8H,1-3H3;1-4H,5H2/b;;13-12-;;;. The van der Waals surface area contributed by atoms with Crippen LogP contribution in [0.5, 0.6) is 0 Å². The topological polar surface area (TPSA) is 17.1 Å². The molecule has 1 atom stereocenters. The zero-order valence-electron chi connectivity index (χ0n) is 83.2. The normalized spacial score (nSPS) is 14.7.